The van der Waals surface area contributed by atoms with Crippen molar-refractivity contribution in [3.05, 3.63) is 23.3 Å². The molecule has 1 aliphatic carbocycles. The lowest BCUT2D eigenvalue weighted by Crippen LogP contribution is -2.50. The van der Waals surface area contributed by atoms with E-state index in [-0.39, 0.29) is 33.9 Å². The molecule has 0 aromatic carbocycles. The van der Waals surface area contributed by atoms with Gasteiger partial charge < -0.3 is 18.4 Å². The zero-order valence-electron chi connectivity index (χ0n) is 26.5. The predicted molar refractivity (Wildman–Crippen MR) is 164 cm³/mol. The maximum atomic E-state index is 9.73. The largest absolute Gasteiger partial charge is 0.417 e. The molecule has 4 nitrogen and oxygen atoms in total. The molecule has 0 unspecified atom stereocenters. The first-order chi connectivity index (χ1) is 16.0. The molecule has 0 radical (unpaired) electrons. The lowest BCUT2D eigenvalue weighted by molar-refractivity contribution is 0.130. The minimum atomic E-state index is -2.01. The highest BCUT2D eigenvalue weighted by atomic mass is 28.4. The van der Waals surface area contributed by atoms with E-state index in [0.717, 1.165) is 25.9 Å². The Bertz CT molecular complexity index is 736. The van der Waals surface area contributed by atoms with E-state index in [9.17, 15) is 5.11 Å². The number of rotatable bonds is 9. The highest BCUT2D eigenvalue weighted by Gasteiger charge is 2.45. The molecule has 1 aliphatic rings. The second-order valence-corrected chi connectivity index (χ2v) is 29.6. The third-order valence-electron chi connectivity index (χ3n) is 9.27. The number of hydrogen-bond acceptors (Lipinski definition) is 4. The van der Waals surface area contributed by atoms with Gasteiger partial charge in [-0.05, 0) is 79.2 Å². The fraction of sp³-hybridized carbons (Fsp3) is 0.862. The van der Waals surface area contributed by atoms with Crippen LogP contribution in [-0.4, -0.2) is 55.5 Å². The van der Waals surface area contributed by atoms with Crippen LogP contribution in [0.25, 0.3) is 0 Å². The lowest BCUT2D eigenvalue weighted by Gasteiger charge is -2.46. The van der Waals surface area contributed by atoms with Gasteiger partial charge in [0.15, 0.2) is 25.0 Å². The fourth-order valence-electron chi connectivity index (χ4n) is 3.60. The summed E-state index contributed by atoms with van der Waals surface area (Å²) in [7, 11) is -5.81. The Morgan fingerprint density at radius 3 is 1.42 bits per heavy atom. The van der Waals surface area contributed by atoms with Crippen LogP contribution >= 0.6 is 0 Å². The second-order valence-electron chi connectivity index (χ2n) is 15.3. The third-order valence-corrected chi connectivity index (χ3v) is 22.8. The average Bonchev–Trinajstić information content (AvgIpc) is 2.63. The van der Waals surface area contributed by atoms with Crippen LogP contribution in [0.3, 0.4) is 0 Å². The van der Waals surface area contributed by atoms with E-state index in [1.165, 1.54) is 11.1 Å². The van der Waals surface area contributed by atoms with Crippen molar-refractivity contribution in [1.82, 2.24) is 0 Å². The first kappa shape index (κ1) is 34.0. The lowest BCUT2D eigenvalue weighted by atomic mass is 9.85. The SMILES string of the molecule is CC(C)(C)[Si](C)(C)OCCC=C1[C@H](O[Si](C)(C)C(C)(C)C)CC(=CCO)C[C@H]1O[Si](C)(C)C(C)(C)C. The van der Waals surface area contributed by atoms with Crippen molar-refractivity contribution in [2.24, 2.45) is 0 Å². The van der Waals surface area contributed by atoms with Crippen LogP contribution in [0.1, 0.15) is 81.6 Å². The maximum Gasteiger partial charge on any atom is 0.192 e. The van der Waals surface area contributed by atoms with Crippen LogP contribution in [-0.2, 0) is 13.3 Å². The van der Waals surface area contributed by atoms with Crippen molar-refractivity contribution in [2.45, 2.75) is 148 Å². The van der Waals surface area contributed by atoms with Crippen LogP contribution < -0.4 is 0 Å². The van der Waals surface area contributed by atoms with Crippen LogP contribution in [0.4, 0.5) is 0 Å². The minimum Gasteiger partial charge on any atom is -0.417 e. The summed E-state index contributed by atoms with van der Waals surface area (Å²) in [4.78, 5) is 0. The van der Waals surface area contributed by atoms with Crippen LogP contribution in [0.2, 0.25) is 54.4 Å². The van der Waals surface area contributed by atoms with Crippen molar-refractivity contribution in [3.63, 3.8) is 0 Å². The van der Waals surface area contributed by atoms with Gasteiger partial charge in [-0.15, -0.1) is 0 Å². The number of aliphatic hydroxyl groups excluding tert-OH is 1. The quantitative estimate of drug-likeness (QED) is 0.175. The molecule has 0 heterocycles. The van der Waals surface area contributed by atoms with Gasteiger partial charge >= 0.3 is 0 Å². The van der Waals surface area contributed by atoms with E-state index in [1.807, 2.05) is 6.08 Å². The number of aliphatic hydroxyl groups is 1. The van der Waals surface area contributed by atoms with Crippen molar-refractivity contribution in [2.75, 3.05) is 13.2 Å². The van der Waals surface area contributed by atoms with Gasteiger partial charge in [0, 0.05) is 6.61 Å². The molecule has 0 amide bonds. The van der Waals surface area contributed by atoms with Crippen molar-refractivity contribution >= 4 is 25.0 Å². The first-order valence-corrected chi connectivity index (χ1v) is 22.7. The molecule has 7 heteroatoms. The Morgan fingerprint density at radius 1 is 0.694 bits per heavy atom. The summed E-state index contributed by atoms with van der Waals surface area (Å²) < 4.78 is 20.6. The van der Waals surface area contributed by atoms with E-state index in [1.54, 1.807) is 0 Å². The molecule has 2 atom stereocenters. The van der Waals surface area contributed by atoms with E-state index in [4.69, 9.17) is 13.3 Å². The highest BCUT2D eigenvalue weighted by molar-refractivity contribution is 6.75. The summed E-state index contributed by atoms with van der Waals surface area (Å²) in [6, 6.07) is 0. The smallest absolute Gasteiger partial charge is 0.192 e. The van der Waals surface area contributed by atoms with Crippen LogP contribution in [0.5, 0.6) is 0 Å². The fourth-order valence-corrected chi connectivity index (χ4v) is 7.23. The Labute approximate surface area is 227 Å². The summed E-state index contributed by atoms with van der Waals surface area (Å²) in [6.07, 6.45) is 6.86. The van der Waals surface area contributed by atoms with Gasteiger partial charge in [0.2, 0.25) is 0 Å². The molecular formula is C29H60O4Si3. The zero-order chi connectivity index (χ0) is 28.4. The van der Waals surface area contributed by atoms with E-state index >= 15 is 0 Å². The second kappa shape index (κ2) is 12.0. The highest BCUT2D eigenvalue weighted by Crippen LogP contribution is 2.45. The molecular weight excluding hydrogens is 497 g/mol. The van der Waals surface area contributed by atoms with Gasteiger partial charge in [0.1, 0.15) is 0 Å². The van der Waals surface area contributed by atoms with Crippen molar-refractivity contribution < 1.29 is 18.4 Å². The molecule has 0 aromatic heterocycles. The monoisotopic (exact) mass is 556 g/mol. The molecule has 36 heavy (non-hydrogen) atoms. The van der Waals surface area contributed by atoms with Gasteiger partial charge in [-0.3, -0.25) is 0 Å². The topological polar surface area (TPSA) is 47.9 Å². The van der Waals surface area contributed by atoms with Gasteiger partial charge in [-0.2, -0.15) is 0 Å². The molecule has 0 bridgehead atoms. The molecule has 0 saturated heterocycles. The Balaban J connectivity index is 3.40. The average molecular weight is 557 g/mol. The van der Waals surface area contributed by atoms with Gasteiger partial charge in [-0.1, -0.05) is 80.0 Å². The van der Waals surface area contributed by atoms with E-state index in [2.05, 4.69) is 108 Å². The molecule has 212 valence electrons. The molecule has 1 N–H and O–H groups in total. The summed E-state index contributed by atoms with van der Waals surface area (Å²) in [5.41, 5.74) is 2.54. The standard InChI is InChI=1S/C29H60O4Si3/c1-27(2,3)34(10,11)31-20-16-17-24-25(32-35(12,13)28(4,5)6)21-23(18-19-30)22-26(24)33-36(14,15)29(7,8)9/h17-18,25-26,30H,16,19-22H2,1-15H3/t25-,26-/m1/s1. The summed E-state index contributed by atoms with van der Waals surface area (Å²) >= 11 is 0. The molecule has 1 fully saturated rings. The molecule has 0 aromatic rings. The normalized spacial score (nSPS) is 21.1. The number of hydrogen-bond donors (Lipinski definition) is 1. The molecule has 1 saturated carbocycles. The molecule has 0 aliphatic heterocycles. The summed E-state index contributed by atoms with van der Waals surface area (Å²) in [5.74, 6) is 0. The summed E-state index contributed by atoms with van der Waals surface area (Å²) in [6.45, 7) is 35.4. The van der Waals surface area contributed by atoms with Gasteiger partial charge in [0.05, 0.1) is 18.8 Å². The van der Waals surface area contributed by atoms with Gasteiger partial charge in [-0.25, -0.2) is 0 Å². The van der Waals surface area contributed by atoms with Crippen molar-refractivity contribution in [1.29, 1.82) is 0 Å². The van der Waals surface area contributed by atoms with E-state index in [0.29, 0.717) is 0 Å². The Morgan fingerprint density at radius 2 is 1.08 bits per heavy atom. The predicted octanol–water partition coefficient (Wildman–Crippen LogP) is 8.82. The maximum absolute atomic E-state index is 9.73. The van der Waals surface area contributed by atoms with Crippen LogP contribution in [0.15, 0.2) is 23.3 Å². The van der Waals surface area contributed by atoms with E-state index < -0.39 is 25.0 Å². The third kappa shape index (κ3) is 9.02. The van der Waals surface area contributed by atoms with Crippen molar-refractivity contribution in [3.8, 4) is 0 Å². The van der Waals surface area contributed by atoms with Crippen LogP contribution in [0, 0.1) is 0 Å². The minimum absolute atomic E-state index is 0.0138. The Hall–Kier alpha value is -0.0294. The Kier molecular flexibility index (Phi) is 11.3. The van der Waals surface area contributed by atoms with Gasteiger partial charge in [0.25, 0.3) is 0 Å². The zero-order valence-corrected chi connectivity index (χ0v) is 29.5. The first-order valence-electron chi connectivity index (χ1n) is 13.9. The summed E-state index contributed by atoms with van der Waals surface area (Å²) in [5, 5.41) is 10.2. The molecule has 0 spiro atoms. The molecule has 1 rings (SSSR count).